The van der Waals surface area contributed by atoms with Crippen molar-refractivity contribution in [3.63, 3.8) is 0 Å². The highest BCUT2D eigenvalue weighted by Crippen LogP contribution is 2.41. The van der Waals surface area contributed by atoms with Gasteiger partial charge in [0.15, 0.2) is 12.0 Å². The lowest BCUT2D eigenvalue weighted by atomic mass is 9.77. The molecular formula is C21H27N3O3. The van der Waals surface area contributed by atoms with Gasteiger partial charge in [-0.25, -0.2) is 0 Å². The number of aromatic nitrogens is 3. The molecule has 4 rings (SSSR count). The van der Waals surface area contributed by atoms with Crippen LogP contribution in [0.2, 0.25) is 0 Å². The van der Waals surface area contributed by atoms with Gasteiger partial charge < -0.3 is 9.84 Å². The molecule has 2 unspecified atom stereocenters. The van der Waals surface area contributed by atoms with Crippen molar-refractivity contribution in [3.8, 4) is 11.5 Å². The number of aldehydes is 1. The monoisotopic (exact) mass is 369 g/mol. The number of rotatable bonds is 6. The minimum absolute atomic E-state index is 0.137. The van der Waals surface area contributed by atoms with Gasteiger partial charge >= 0.3 is 0 Å². The molecule has 144 valence electrons. The molecule has 0 saturated heterocycles. The molecule has 2 aliphatic carbocycles. The van der Waals surface area contributed by atoms with Crippen molar-refractivity contribution in [1.29, 1.82) is 0 Å². The standard InChI is InChI=1S/C21H27N3O3/c25-13-18-20(26)11-22-12-21(18)27-14-15-5-1-4-8-17(15)19-9-10-23-24(19)16-6-2-3-7-16/h9-13,15-17,26H,1-8,14H2. The lowest BCUT2D eigenvalue weighted by molar-refractivity contribution is 0.111. The molecule has 6 heteroatoms. The predicted octanol–water partition coefficient (Wildman–Crippen LogP) is 4.26. The summed E-state index contributed by atoms with van der Waals surface area (Å²) >= 11 is 0. The Balaban J connectivity index is 1.51. The van der Waals surface area contributed by atoms with E-state index in [0.717, 1.165) is 12.8 Å². The van der Waals surface area contributed by atoms with E-state index in [0.29, 0.717) is 36.5 Å². The predicted molar refractivity (Wildman–Crippen MR) is 101 cm³/mol. The normalized spacial score (nSPS) is 23.4. The highest BCUT2D eigenvalue weighted by Gasteiger charge is 2.31. The van der Waals surface area contributed by atoms with Crippen LogP contribution in [-0.4, -0.2) is 32.8 Å². The summed E-state index contributed by atoms with van der Waals surface area (Å²) in [5, 5.41) is 14.5. The van der Waals surface area contributed by atoms with Crippen molar-refractivity contribution in [2.24, 2.45) is 5.92 Å². The first kappa shape index (κ1) is 18.0. The molecule has 27 heavy (non-hydrogen) atoms. The number of nitrogens with zero attached hydrogens (tertiary/aromatic N) is 3. The second-order valence-corrected chi connectivity index (χ2v) is 7.79. The van der Waals surface area contributed by atoms with Gasteiger partial charge in [-0.1, -0.05) is 25.7 Å². The van der Waals surface area contributed by atoms with Crippen LogP contribution < -0.4 is 4.74 Å². The molecule has 0 radical (unpaired) electrons. The number of hydrogen-bond donors (Lipinski definition) is 1. The molecule has 0 aromatic carbocycles. The molecule has 1 N–H and O–H groups in total. The van der Waals surface area contributed by atoms with Crippen LogP contribution in [0.5, 0.6) is 11.5 Å². The van der Waals surface area contributed by atoms with Gasteiger partial charge in [-0.3, -0.25) is 14.5 Å². The largest absolute Gasteiger partial charge is 0.505 e. The first-order valence-corrected chi connectivity index (χ1v) is 10.1. The molecule has 6 nitrogen and oxygen atoms in total. The second-order valence-electron chi connectivity index (χ2n) is 7.79. The van der Waals surface area contributed by atoms with E-state index in [2.05, 4.69) is 20.8 Å². The number of aromatic hydroxyl groups is 1. The number of pyridine rings is 1. The first-order chi connectivity index (χ1) is 13.3. The highest BCUT2D eigenvalue weighted by molar-refractivity contribution is 5.82. The molecule has 0 bridgehead atoms. The zero-order valence-corrected chi connectivity index (χ0v) is 15.6. The fourth-order valence-corrected chi connectivity index (χ4v) is 4.74. The van der Waals surface area contributed by atoms with Gasteiger partial charge in [-0.05, 0) is 31.7 Å². The molecular weight excluding hydrogens is 342 g/mol. The Kier molecular flexibility index (Phi) is 5.41. The number of carbonyl (C=O) groups excluding carboxylic acids is 1. The molecule has 2 fully saturated rings. The topological polar surface area (TPSA) is 77.2 Å². The van der Waals surface area contributed by atoms with Gasteiger partial charge in [-0.15, -0.1) is 0 Å². The Labute approximate surface area is 159 Å². The van der Waals surface area contributed by atoms with Crippen LogP contribution >= 0.6 is 0 Å². The van der Waals surface area contributed by atoms with Crippen LogP contribution in [0.15, 0.2) is 24.7 Å². The number of ether oxygens (including phenoxy) is 1. The van der Waals surface area contributed by atoms with Crippen molar-refractivity contribution < 1.29 is 14.6 Å². The van der Waals surface area contributed by atoms with Crippen LogP contribution in [0.25, 0.3) is 0 Å². The Bertz CT molecular complexity index is 783. The summed E-state index contributed by atoms with van der Waals surface area (Å²) in [6.07, 6.45) is 15.0. The van der Waals surface area contributed by atoms with Crippen LogP contribution in [0.3, 0.4) is 0 Å². The SMILES string of the molecule is O=Cc1c(O)cncc1OCC1CCCCC1c1ccnn1C1CCCC1. The first-order valence-electron chi connectivity index (χ1n) is 10.1. The highest BCUT2D eigenvalue weighted by atomic mass is 16.5. The minimum atomic E-state index is -0.137. The van der Waals surface area contributed by atoms with Crippen LogP contribution in [0.1, 0.15) is 79.4 Å². The van der Waals surface area contributed by atoms with Crippen LogP contribution in [-0.2, 0) is 0 Å². The average molecular weight is 369 g/mol. The van der Waals surface area contributed by atoms with Gasteiger partial charge in [0.1, 0.15) is 11.3 Å². The van der Waals surface area contributed by atoms with E-state index in [1.165, 1.54) is 56.6 Å². The van der Waals surface area contributed by atoms with E-state index in [1.807, 2.05) is 6.20 Å². The summed E-state index contributed by atoms with van der Waals surface area (Å²) in [6, 6.07) is 2.71. The fourth-order valence-electron chi connectivity index (χ4n) is 4.74. The molecule has 0 aliphatic heterocycles. The number of hydrogen-bond acceptors (Lipinski definition) is 5. The van der Waals surface area contributed by atoms with Gasteiger partial charge in [0.05, 0.1) is 25.0 Å². The maximum absolute atomic E-state index is 11.3. The van der Waals surface area contributed by atoms with Gasteiger partial charge in [0.2, 0.25) is 0 Å². The minimum Gasteiger partial charge on any atom is -0.505 e. The second kappa shape index (κ2) is 8.11. The molecule has 2 saturated carbocycles. The maximum atomic E-state index is 11.3. The zero-order valence-electron chi connectivity index (χ0n) is 15.6. The van der Waals surface area contributed by atoms with Crippen molar-refractivity contribution >= 4 is 6.29 Å². The Morgan fingerprint density at radius 3 is 2.74 bits per heavy atom. The van der Waals surface area contributed by atoms with E-state index in [9.17, 15) is 9.90 Å². The third-order valence-corrected chi connectivity index (χ3v) is 6.16. The van der Waals surface area contributed by atoms with E-state index in [4.69, 9.17) is 4.74 Å². The summed E-state index contributed by atoms with van der Waals surface area (Å²) < 4.78 is 8.23. The third kappa shape index (κ3) is 3.70. The molecule has 2 heterocycles. The molecule has 2 atom stereocenters. The Morgan fingerprint density at radius 2 is 1.93 bits per heavy atom. The summed E-state index contributed by atoms with van der Waals surface area (Å²) in [5.74, 6) is 1.02. The smallest absolute Gasteiger partial charge is 0.157 e. The zero-order chi connectivity index (χ0) is 18.6. The Hall–Kier alpha value is -2.37. The molecule has 0 amide bonds. The molecule has 2 aliphatic rings. The van der Waals surface area contributed by atoms with E-state index < -0.39 is 0 Å². The van der Waals surface area contributed by atoms with Crippen molar-refractivity contribution in [2.45, 2.75) is 63.3 Å². The van der Waals surface area contributed by atoms with Gasteiger partial charge in [-0.2, -0.15) is 5.10 Å². The number of carbonyl (C=O) groups is 1. The summed E-state index contributed by atoms with van der Waals surface area (Å²) in [6.45, 7) is 0.520. The van der Waals surface area contributed by atoms with E-state index in [1.54, 1.807) is 0 Å². The third-order valence-electron chi connectivity index (χ3n) is 6.16. The van der Waals surface area contributed by atoms with Crippen molar-refractivity contribution in [2.75, 3.05) is 6.61 Å². The van der Waals surface area contributed by atoms with E-state index in [-0.39, 0.29) is 11.3 Å². The van der Waals surface area contributed by atoms with Crippen molar-refractivity contribution in [1.82, 2.24) is 14.8 Å². The van der Waals surface area contributed by atoms with Crippen molar-refractivity contribution in [3.05, 3.63) is 35.9 Å². The fraction of sp³-hybridized carbons (Fsp3) is 0.571. The molecule has 2 aromatic heterocycles. The van der Waals surface area contributed by atoms with Gasteiger partial charge in [0, 0.05) is 23.7 Å². The molecule has 2 aromatic rings. The quantitative estimate of drug-likeness (QED) is 0.770. The summed E-state index contributed by atoms with van der Waals surface area (Å²) in [4.78, 5) is 15.2. The lowest BCUT2D eigenvalue weighted by Gasteiger charge is -2.32. The summed E-state index contributed by atoms with van der Waals surface area (Å²) in [7, 11) is 0. The van der Waals surface area contributed by atoms with E-state index >= 15 is 0 Å². The van der Waals surface area contributed by atoms with Crippen LogP contribution in [0, 0.1) is 5.92 Å². The lowest BCUT2D eigenvalue weighted by Crippen LogP contribution is -2.27. The Morgan fingerprint density at radius 1 is 1.15 bits per heavy atom. The van der Waals surface area contributed by atoms with Gasteiger partial charge in [0.25, 0.3) is 0 Å². The van der Waals surface area contributed by atoms with Crippen LogP contribution in [0.4, 0.5) is 0 Å². The average Bonchev–Trinajstić information content (AvgIpc) is 3.38. The summed E-state index contributed by atoms with van der Waals surface area (Å²) in [5.41, 5.74) is 1.51. The molecule has 0 spiro atoms. The maximum Gasteiger partial charge on any atom is 0.157 e.